The zero-order valence-electron chi connectivity index (χ0n) is 16.6. The fourth-order valence-electron chi connectivity index (χ4n) is 4.76. The van der Waals surface area contributed by atoms with Crippen molar-refractivity contribution in [1.82, 2.24) is 10.2 Å². The van der Waals surface area contributed by atoms with Crippen LogP contribution < -0.4 is 10.6 Å². The molecule has 1 spiro atoms. The number of carbonyl (C=O) groups excluding carboxylic acids is 4. The highest BCUT2D eigenvalue weighted by Crippen LogP contribution is 2.40. The SMILES string of the molecule is COC(=O)c1c(NC(=O)CN2C(=O)NC3(CCCCC3C)C2=O)sc2c1CCC2. The lowest BCUT2D eigenvalue weighted by atomic mass is 9.73. The second kappa shape index (κ2) is 7.44. The third-order valence-corrected chi connectivity index (χ3v) is 7.57. The molecule has 1 aromatic heterocycles. The van der Waals surface area contributed by atoms with Gasteiger partial charge in [0.2, 0.25) is 5.91 Å². The molecular weight excluding hydrogens is 394 g/mol. The number of methoxy groups -OCH3 is 1. The summed E-state index contributed by atoms with van der Waals surface area (Å²) in [4.78, 5) is 52.5. The number of hydrogen-bond donors (Lipinski definition) is 2. The van der Waals surface area contributed by atoms with Crippen LogP contribution in [0.3, 0.4) is 0 Å². The van der Waals surface area contributed by atoms with Crippen molar-refractivity contribution in [2.75, 3.05) is 19.0 Å². The van der Waals surface area contributed by atoms with Gasteiger partial charge in [0.05, 0.1) is 12.7 Å². The number of carbonyl (C=O) groups is 4. The quantitative estimate of drug-likeness (QED) is 0.576. The number of hydrogen-bond acceptors (Lipinski definition) is 6. The second-order valence-corrected chi connectivity index (χ2v) is 9.15. The molecule has 1 aliphatic heterocycles. The predicted molar refractivity (Wildman–Crippen MR) is 107 cm³/mol. The Bertz CT molecular complexity index is 895. The third kappa shape index (κ3) is 3.21. The highest BCUT2D eigenvalue weighted by atomic mass is 32.1. The summed E-state index contributed by atoms with van der Waals surface area (Å²) in [6.45, 7) is 1.60. The third-order valence-electron chi connectivity index (χ3n) is 6.37. The van der Waals surface area contributed by atoms with Crippen LogP contribution in [0.5, 0.6) is 0 Å². The van der Waals surface area contributed by atoms with Crippen LogP contribution in [-0.4, -0.2) is 47.9 Å². The molecule has 8 nitrogen and oxygen atoms in total. The number of urea groups is 1. The van der Waals surface area contributed by atoms with Crippen molar-refractivity contribution in [2.24, 2.45) is 5.92 Å². The molecule has 0 aromatic carbocycles. The Morgan fingerprint density at radius 1 is 1.28 bits per heavy atom. The molecule has 0 bridgehead atoms. The molecule has 2 heterocycles. The lowest BCUT2D eigenvalue weighted by molar-refractivity contribution is -0.136. The van der Waals surface area contributed by atoms with E-state index in [1.54, 1.807) is 0 Å². The first-order valence-electron chi connectivity index (χ1n) is 10.0. The molecule has 2 atom stereocenters. The Kier molecular flexibility index (Phi) is 5.10. The van der Waals surface area contributed by atoms with E-state index >= 15 is 0 Å². The predicted octanol–water partition coefficient (Wildman–Crippen LogP) is 2.46. The van der Waals surface area contributed by atoms with Crippen LogP contribution in [0.4, 0.5) is 9.80 Å². The molecule has 4 amide bonds. The zero-order valence-corrected chi connectivity index (χ0v) is 17.4. The van der Waals surface area contributed by atoms with Crippen molar-refractivity contribution in [3.63, 3.8) is 0 Å². The van der Waals surface area contributed by atoms with E-state index in [1.165, 1.54) is 18.4 Å². The number of anilines is 1. The number of imide groups is 1. The average molecular weight is 420 g/mol. The Morgan fingerprint density at radius 3 is 2.79 bits per heavy atom. The van der Waals surface area contributed by atoms with Gasteiger partial charge in [-0.3, -0.25) is 14.5 Å². The summed E-state index contributed by atoms with van der Waals surface area (Å²) >= 11 is 1.37. The van der Waals surface area contributed by atoms with E-state index in [1.807, 2.05) is 6.92 Å². The van der Waals surface area contributed by atoms with E-state index in [4.69, 9.17) is 4.74 Å². The fourth-order valence-corrected chi connectivity index (χ4v) is 6.05. The lowest BCUT2D eigenvalue weighted by Gasteiger charge is -2.36. The van der Waals surface area contributed by atoms with E-state index < -0.39 is 23.4 Å². The molecule has 29 heavy (non-hydrogen) atoms. The summed E-state index contributed by atoms with van der Waals surface area (Å²) in [5.41, 5.74) is 0.437. The first-order chi connectivity index (χ1) is 13.9. The summed E-state index contributed by atoms with van der Waals surface area (Å²) < 4.78 is 4.88. The maximum Gasteiger partial charge on any atom is 0.341 e. The van der Waals surface area contributed by atoms with Crippen molar-refractivity contribution in [2.45, 2.75) is 57.4 Å². The molecule has 1 saturated carbocycles. The normalized spacial score (nSPS) is 25.9. The standard InChI is InChI=1S/C20H25N3O5S/c1-11-6-3-4-9-20(11)18(26)23(19(27)22-20)10-14(24)21-16-15(17(25)28-2)12-7-5-8-13(12)29-16/h11H,3-10H2,1-2H3,(H,21,24)(H,22,27). The highest BCUT2D eigenvalue weighted by molar-refractivity contribution is 7.17. The molecule has 1 aromatic rings. The number of rotatable bonds is 4. The molecule has 2 unspecified atom stereocenters. The van der Waals surface area contributed by atoms with Crippen LogP contribution in [0.25, 0.3) is 0 Å². The number of esters is 1. The maximum atomic E-state index is 13.0. The van der Waals surface area contributed by atoms with Crippen LogP contribution in [0.1, 0.15) is 59.8 Å². The number of fused-ring (bicyclic) bond motifs is 1. The fraction of sp³-hybridized carbons (Fsp3) is 0.600. The van der Waals surface area contributed by atoms with Gasteiger partial charge in [-0.25, -0.2) is 9.59 Å². The number of ether oxygens (including phenoxy) is 1. The number of amides is 4. The highest BCUT2D eigenvalue weighted by Gasteiger charge is 2.55. The molecule has 1 saturated heterocycles. The van der Waals surface area contributed by atoms with Crippen LogP contribution in [0.15, 0.2) is 0 Å². The number of nitrogens with one attached hydrogen (secondary N) is 2. The van der Waals surface area contributed by atoms with E-state index in [2.05, 4.69) is 10.6 Å². The molecular formula is C20H25N3O5S. The first-order valence-corrected chi connectivity index (χ1v) is 10.9. The average Bonchev–Trinajstić information content (AvgIpc) is 3.33. The summed E-state index contributed by atoms with van der Waals surface area (Å²) in [6, 6.07) is -0.527. The minimum absolute atomic E-state index is 0.0342. The van der Waals surface area contributed by atoms with Gasteiger partial charge in [-0.15, -0.1) is 11.3 Å². The number of aryl methyl sites for hydroxylation is 1. The van der Waals surface area contributed by atoms with Crippen molar-refractivity contribution in [1.29, 1.82) is 0 Å². The number of thiophene rings is 1. The van der Waals surface area contributed by atoms with Crippen molar-refractivity contribution >= 4 is 40.2 Å². The summed E-state index contributed by atoms with van der Waals surface area (Å²) in [6.07, 6.45) is 6.00. The van der Waals surface area contributed by atoms with Crippen LogP contribution in [0.2, 0.25) is 0 Å². The Labute approximate surface area is 173 Å². The summed E-state index contributed by atoms with van der Waals surface area (Å²) in [5, 5.41) is 6.00. The van der Waals surface area contributed by atoms with Gasteiger partial charge in [0.25, 0.3) is 5.91 Å². The Hall–Kier alpha value is -2.42. The van der Waals surface area contributed by atoms with E-state index in [-0.39, 0.29) is 18.4 Å². The van der Waals surface area contributed by atoms with Crippen LogP contribution in [0, 0.1) is 5.92 Å². The molecule has 2 N–H and O–H groups in total. The van der Waals surface area contributed by atoms with Gasteiger partial charge in [0.1, 0.15) is 17.1 Å². The molecule has 9 heteroatoms. The van der Waals surface area contributed by atoms with Gasteiger partial charge in [-0.05, 0) is 43.6 Å². The Morgan fingerprint density at radius 2 is 2.07 bits per heavy atom. The smallest absolute Gasteiger partial charge is 0.341 e. The maximum absolute atomic E-state index is 13.0. The summed E-state index contributed by atoms with van der Waals surface area (Å²) in [7, 11) is 1.31. The molecule has 0 radical (unpaired) electrons. The van der Waals surface area contributed by atoms with Crippen LogP contribution >= 0.6 is 11.3 Å². The van der Waals surface area contributed by atoms with Gasteiger partial charge in [-0.1, -0.05) is 19.8 Å². The van der Waals surface area contributed by atoms with E-state index in [0.29, 0.717) is 17.0 Å². The van der Waals surface area contributed by atoms with Gasteiger partial charge in [-0.2, -0.15) is 0 Å². The minimum Gasteiger partial charge on any atom is -0.465 e. The van der Waals surface area contributed by atoms with Gasteiger partial charge in [0.15, 0.2) is 0 Å². The number of nitrogens with zero attached hydrogens (tertiary/aromatic N) is 1. The molecule has 156 valence electrons. The lowest BCUT2D eigenvalue weighted by Crippen LogP contribution is -2.54. The van der Waals surface area contributed by atoms with E-state index in [9.17, 15) is 19.2 Å². The molecule has 4 rings (SSSR count). The minimum atomic E-state index is -0.892. The van der Waals surface area contributed by atoms with Crippen molar-refractivity contribution < 1.29 is 23.9 Å². The van der Waals surface area contributed by atoms with Crippen molar-refractivity contribution in [3.8, 4) is 0 Å². The largest absolute Gasteiger partial charge is 0.465 e. The van der Waals surface area contributed by atoms with Gasteiger partial charge >= 0.3 is 12.0 Å². The molecule has 2 aliphatic carbocycles. The van der Waals surface area contributed by atoms with E-state index in [0.717, 1.165) is 53.9 Å². The molecule has 2 fully saturated rings. The van der Waals surface area contributed by atoms with Gasteiger partial charge < -0.3 is 15.4 Å². The van der Waals surface area contributed by atoms with Crippen molar-refractivity contribution in [3.05, 3.63) is 16.0 Å². The monoisotopic (exact) mass is 419 g/mol. The second-order valence-electron chi connectivity index (χ2n) is 8.04. The first kappa shape index (κ1) is 19.9. The zero-order chi connectivity index (χ0) is 20.8. The topological polar surface area (TPSA) is 105 Å². The molecule has 3 aliphatic rings. The van der Waals surface area contributed by atoms with Crippen LogP contribution in [-0.2, 0) is 27.2 Å². The summed E-state index contributed by atoms with van der Waals surface area (Å²) in [5.74, 6) is -1.28. The van der Waals surface area contributed by atoms with Gasteiger partial charge in [0, 0.05) is 4.88 Å². The Balaban J connectivity index is 1.50.